The van der Waals surface area contributed by atoms with Crippen LogP contribution in [0, 0.1) is 0 Å². The Labute approximate surface area is 160 Å². The van der Waals surface area contributed by atoms with E-state index >= 15 is 0 Å². The molecule has 0 aliphatic carbocycles. The Hall–Kier alpha value is -1.83. The van der Waals surface area contributed by atoms with Crippen molar-refractivity contribution in [3.8, 4) is 0 Å². The van der Waals surface area contributed by atoms with Gasteiger partial charge in [0.25, 0.3) is 0 Å². The molecule has 1 aromatic carbocycles. The van der Waals surface area contributed by atoms with Crippen molar-refractivity contribution in [3.05, 3.63) is 53.6 Å². The first-order valence-corrected chi connectivity index (χ1v) is 10.3. The summed E-state index contributed by atoms with van der Waals surface area (Å²) in [6.45, 7) is 2.26. The number of carbonyl (C=O) groups is 1. The van der Waals surface area contributed by atoms with Crippen LogP contribution in [0.1, 0.15) is 83.1 Å². The topological polar surface area (TPSA) is 26.3 Å². The summed E-state index contributed by atoms with van der Waals surface area (Å²) in [4.78, 5) is 11.9. The standard InChI is InChI=1S/C24H36O2/c1-3-4-5-6-7-8-9-10-11-15-20-23(24(25)26-2)21-16-19-22-17-13-12-14-18-22/h12-14,16-19,21H,3-11,15,20H2,1-2H3. The molecule has 0 aromatic heterocycles. The lowest BCUT2D eigenvalue weighted by Gasteiger charge is -2.05. The van der Waals surface area contributed by atoms with Crippen LogP contribution >= 0.6 is 0 Å². The molecular weight excluding hydrogens is 320 g/mol. The summed E-state index contributed by atoms with van der Waals surface area (Å²) in [7, 11) is 1.45. The van der Waals surface area contributed by atoms with Gasteiger partial charge in [-0.15, -0.1) is 0 Å². The van der Waals surface area contributed by atoms with Crippen LogP contribution in [0.4, 0.5) is 0 Å². The normalized spacial score (nSPS) is 11.8. The van der Waals surface area contributed by atoms with Crippen LogP contribution in [0.15, 0.2) is 48.1 Å². The molecule has 2 heteroatoms. The van der Waals surface area contributed by atoms with Crippen molar-refractivity contribution >= 4 is 12.0 Å². The fourth-order valence-electron chi connectivity index (χ4n) is 3.03. The monoisotopic (exact) mass is 356 g/mol. The van der Waals surface area contributed by atoms with Crippen molar-refractivity contribution in [2.75, 3.05) is 7.11 Å². The molecule has 0 aliphatic heterocycles. The van der Waals surface area contributed by atoms with E-state index in [0.717, 1.165) is 24.0 Å². The summed E-state index contributed by atoms with van der Waals surface area (Å²) in [5.41, 5.74) is 1.89. The number of rotatable bonds is 14. The fourth-order valence-corrected chi connectivity index (χ4v) is 3.03. The van der Waals surface area contributed by atoms with E-state index in [2.05, 4.69) is 6.92 Å². The molecule has 0 radical (unpaired) electrons. The number of benzene rings is 1. The first-order chi connectivity index (χ1) is 12.8. The van der Waals surface area contributed by atoms with Gasteiger partial charge < -0.3 is 4.74 Å². The minimum absolute atomic E-state index is 0.210. The van der Waals surface area contributed by atoms with E-state index in [1.807, 2.05) is 48.6 Å². The third kappa shape index (κ3) is 10.9. The number of carbonyl (C=O) groups excluding carboxylic acids is 1. The number of esters is 1. The molecule has 0 fully saturated rings. The van der Waals surface area contributed by atoms with Crippen molar-refractivity contribution in [1.29, 1.82) is 0 Å². The van der Waals surface area contributed by atoms with Crippen LogP contribution in [0.3, 0.4) is 0 Å². The minimum Gasteiger partial charge on any atom is -0.466 e. The molecular formula is C24H36O2. The first kappa shape index (κ1) is 22.2. The third-order valence-electron chi connectivity index (χ3n) is 4.63. The van der Waals surface area contributed by atoms with Crippen molar-refractivity contribution < 1.29 is 9.53 Å². The molecule has 0 heterocycles. The van der Waals surface area contributed by atoms with Gasteiger partial charge in [-0.3, -0.25) is 0 Å². The highest BCUT2D eigenvalue weighted by atomic mass is 16.5. The van der Waals surface area contributed by atoms with Crippen LogP contribution < -0.4 is 0 Å². The van der Waals surface area contributed by atoms with E-state index in [0.29, 0.717) is 0 Å². The molecule has 0 saturated heterocycles. The summed E-state index contributed by atoms with van der Waals surface area (Å²) < 4.78 is 4.92. The second-order valence-electron chi connectivity index (χ2n) is 6.89. The third-order valence-corrected chi connectivity index (χ3v) is 4.63. The summed E-state index contributed by atoms with van der Waals surface area (Å²) in [6.07, 6.45) is 19.7. The first-order valence-electron chi connectivity index (χ1n) is 10.3. The lowest BCUT2D eigenvalue weighted by Crippen LogP contribution is -2.04. The molecule has 144 valence electrons. The molecule has 0 aliphatic rings. The number of ether oxygens (including phenoxy) is 1. The van der Waals surface area contributed by atoms with Gasteiger partial charge in [-0.1, -0.05) is 113 Å². The van der Waals surface area contributed by atoms with Crippen molar-refractivity contribution in [2.24, 2.45) is 0 Å². The van der Waals surface area contributed by atoms with Gasteiger partial charge in [-0.2, -0.15) is 0 Å². The van der Waals surface area contributed by atoms with Crippen molar-refractivity contribution in [1.82, 2.24) is 0 Å². The summed E-state index contributed by atoms with van der Waals surface area (Å²) in [5, 5.41) is 0. The Balaban J connectivity index is 2.25. The highest BCUT2D eigenvalue weighted by Gasteiger charge is 2.07. The average molecular weight is 357 g/mol. The van der Waals surface area contributed by atoms with Gasteiger partial charge in [0.15, 0.2) is 0 Å². The SMILES string of the molecule is CCCCCCCCCCCCC(=CC=Cc1ccccc1)C(=O)OC. The van der Waals surface area contributed by atoms with Gasteiger partial charge in [0.2, 0.25) is 0 Å². The zero-order chi connectivity index (χ0) is 18.9. The highest BCUT2D eigenvalue weighted by molar-refractivity contribution is 5.88. The van der Waals surface area contributed by atoms with Crippen molar-refractivity contribution in [2.45, 2.75) is 77.6 Å². The van der Waals surface area contributed by atoms with E-state index in [9.17, 15) is 4.79 Å². The van der Waals surface area contributed by atoms with Gasteiger partial charge in [0.1, 0.15) is 0 Å². The van der Waals surface area contributed by atoms with Crippen LogP contribution in [-0.4, -0.2) is 13.1 Å². The molecule has 0 spiro atoms. The number of hydrogen-bond acceptors (Lipinski definition) is 2. The summed E-state index contributed by atoms with van der Waals surface area (Å²) >= 11 is 0. The highest BCUT2D eigenvalue weighted by Crippen LogP contribution is 2.15. The maximum absolute atomic E-state index is 11.9. The predicted molar refractivity (Wildman–Crippen MR) is 112 cm³/mol. The molecule has 2 nitrogen and oxygen atoms in total. The van der Waals surface area contributed by atoms with E-state index in [1.165, 1.54) is 64.9 Å². The molecule has 26 heavy (non-hydrogen) atoms. The second-order valence-corrected chi connectivity index (χ2v) is 6.89. The van der Waals surface area contributed by atoms with E-state index < -0.39 is 0 Å². The minimum atomic E-state index is -0.210. The van der Waals surface area contributed by atoms with E-state index in [4.69, 9.17) is 4.74 Å². The number of hydrogen-bond donors (Lipinski definition) is 0. The van der Waals surface area contributed by atoms with Gasteiger partial charge in [0.05, 0.1) is 7.11 Å². The molecule has 0 bridgehead atoms. The number of methoxy groups -OCH3 is 1. The van der Waals surface area contributed by atoms with Crippen molar-refractivity contribution in [3.63, 3.8) is 0 Å². The Bertz CT molecular complexity index is 528. The molecule has 1 aromatic rings. The Kier molecular flexibility index (Phi) is 13.2. The number of allylic oxidation sites excluding steroid dienone is 2. The van der Waals surface area contributed by atoms with Gasteiger partial charge in [0, 0.05) is 5.57 Å². The van der Waals surface area contributed by atoms with Gasteiger partial charge in [-0.25, -0.2) is 4.79 Å². The van der Waals surface area contributed by atoms with E-state index in [1.54, 1.807) is 0 Å². The molecule has 0 amide bonds. The van der Waals surface area contributed by atoms with Crippen LogP contribution in [0.5, 0.6) is 0 Å². The Morgan fingerprint density at radius 2 is 1.46 bits per heavy atom. The zero-order valence-corrected chi connectivity index (χ0v) is 16.7. The Morgan fingerprint density at radius 1 is 0.885 bits per heavy atom. The van der Waals surface area contributed by atoms with E-state index in [-0.39, 0.29) is 5.97 Å². The quantitative estimate of drug-likeness (QED) is 0.154. The smallest absolute Gasteiger partial charge is 0.333 e. The van der Waals surface area contributed by atoms with Gasteiger partial charge in [-0.05, 0) is 18.4 Å². The molecule has 0 saturated carbocycles. The molecule has 1 rings (SSSR count). The maximum atomic E-state index is 11.9. The second kappa shape index (κ2) is 15.4. The summed E-state index contributed by atoms with van der Waals surface area (Å²) in [6, 6.07) is 10.1. The lowest BCUT2D eigenvalue weighted by atomic mass is 10.0. The predicted octanol–water partition coefficient (Wildman–Crippen LogP) is 7.11. The zero-order valence-electron chi connectivity index (χ0n) is 16.7. The largest absolute Gasteiger partial charge is 0.466 e. The summed E-state index contributed by atoms with van der Waals surface area (Å²) in [5.74, 6) is -0.210. The fraction of sp³-hybridized carbons (Fsp3) is 0.542. The maximum Gasteiger partial charge on any atom is 0.333 e. The molecule has 0 atom stereocenters. The average Bonchev–Trinajstić information content (AvgIpc) is 2.68. The van der Waals surface area contributed by atoms with Crippen LogP contribution in [0.2, 0.25) is 0 Å². The van der Waals surface area contributed by atoms with Crippen LogP contribution in [-0.2, 0) is 9.53 Å². The van der Waals surface area contributed by atoms with Gasteiger partial charge >= 0.3 is 5.97 Å². The van der Waals surface area contributed by atoms with Crippen LogP contribution in [0.25, 0.3) is 6.08 Å². The Morgan fingerprint density at radius 3 is 2.04 bits per heavy atom. The number of unbranched alkanes of at least 4 members (excludes halogenated alkanes) is 9. The molecule has 0 unspecified atom stereocenters. The lowest BCUT2D eigenvalue weighted by molar-refractivity contribution is -0.136. The molecule has 0 N–H and O–H groups in total.